The molecule has 2 aromatic heterocycles. The van der Waals surface area contributed by atoms with E-state index in [0.717, 1.165) is 24.4 Å². The van der Waals surface area contributed by atoms with Crippen LogP contribution >= 0.6 is 0 Å². The van der Waals surface area contributed by atoms with E-state index in [1.165, 1.54) is 0 Å². The van der Waals surface area contributed by atoms with E-state index in [0.29, 0.717) is 12.1 Å². The number of carbonyl (C=O) groups excluding carboxylic acids is 1. The van der Waals surface area contributed by atoms with Crippen LogP contribution in [0.1, 0.15) is 28.2 Å². The zero-order valence-electron chi connectivity index (χ0n) is 11.6. The van der Waals surface area contributed by atoms with Crippen molar-refractivity contribution in [2.45, 2.75) is 26.8 Å². The average molecular weight is 261 g/mol. The molecule has 0 aliphatic heterocycles. The summed E-state index contributed by atoms with van der Waals surface area (Å²) in [6.07, 6.45) is 4.52. The van der Waals surface area contributed by atoms with Gasteiger partial charge in [-0.3, -0.25) is 14.2 Å². The van der Waals surface area contributed by atoms with Crippen molar-refractivity contribution >= 4 is 5.91 Å². The third kappa shape index (κ3) is 3.01. The molecule has 1 amide bonds. The van der Waals surface area contributed by atoms with E-state index in [-0.39, 0.29) is 5.91 Å². The van der Waals surface area contributed by atoms with Gasteiger partial charge in [0.1, 0.15) is 0 Å². The van der Waals surface area contributed by atoms with Gasteiger partial charge in [-0.25, -0.2) is 0 Å². The van der Waals surface area contributed by atoms with E-state index in [1.54, 1.807) is 10.9 Å². The summed E-state index contributed by atoms with van der Waals surface area (Å²) in [5, 5.41) is 11.3. The lowest BCUT2D eigenvalue weighted by atomic mass is 10.2. The maximum atomic E-state index is 12.1. The normalized spacial score (nSPS) is 10.7. The summed E-state index contributed by atoms with van der Waals surface area (Å²) in [7, 11) is 1.84. The topological polar surface area (TPSA) is 64.7 Å². The molecule has 6 heteroatoms. The fraction of sp³-hybridized carbons (Fsp3) is 0.462. The highest BCUT2D eigenvalue weighted by molar-refractivity contribution is 5.96. The van der Waals surface area contributed by atoms with Crippen LogP contribution < -0.4 is 5.32 Å². The Balaban J connectivity index is 1.84. The number of nitrogens with one attached hydrogen (secondary N) is 1. The van der Waals surface area contributed by atoms with Gasteiger partial charge in [-0.1, -0.05) is 0 Å². The van der Waals surface area contributed by atoms with Gasteiger partial charge in [0.25, 0.3) is 5.91 Å². The summed E-state index contributed by atoms with van der Waals surface area (Å²) >= 11 is 0. The zero-order chi connectivity index (χ0) is 13.8. The van der Waals surface area contributed by atoms with Gasteiger partial charge in [0.15, 0.2) is 0 Å². The number of hydrogen-bond acceptors (Lipinski definition) is 3. The highest BCUT2D eigenvalue weighted by Crippen LogP contribution is 2.11. The molecular formula is C13H19N5O. The molecule has 0 aliphatic rings. The van der Waals surface area contributed by atoms with Crippen molar-refractivity contribution in [3.8, 4) is 0 Å². The molecule has 0 saturated heterocycles. The molecule has 0 bridgehead atoms. The predicted octanol–water partition coefficient (Wildman–Crippen LogP) is 1.05. The summed E-state index contributed by atoms with van der Waals surface area (Å²) < 4.78 is 3.58. The van der Waals surface area contributed by atoms with Crippen molar-refractivity contribution in [3.63, 3.8) is 0 Å². The Morgan fingerprint density at radius 1 is 1.42 bits per heavy atom. The highest BCUT2D eigenvalue weighted by Gasteiger charge is 2.16. The summed E-state index contributed by atoms with van der Waals surface area (Å²) in [6.45, 7) is 5.19. The van der Waals surface area contributed by atoms with Gasteiger partial charge in [-0.15, -0.1) is 0 Å². The Bertz CT molecular complexity index is 556. The van der Waals surface area contributed by atoms with Crippen LogP contribution in [0, 0.1) is 13.8 Å². The van der Waals surface area contributed by atoms with Crippen molar-refractivity contribution in [2.75, 3.05) is 6.54 Å². The Morgan fingerprint density at radius 2 is 2.21 bits per heavy atom. The van der Waals surface area contributed by atoms with Crippen LogP contribution in [0.25, 0.3) is 0 Å². The molecule has 2 heterocycles. The second-order valence-corrected chi connectivity index (χ2v) is 4.55. The van der Waals surface area contributed by atoms with E-state index in [2.05, 4.69) is 15.5 Å². The minimum absolute atomic E-state index is 0.0523. The van der Waals surface area contributed by atoms with Gasteiger partial charge in [-0.05, 0) is 26.3 Å². The molecule has 2 rings (SSSR count). The minimum Gasteiger partial charge on any atom is -0.352 e. The lowest BCUT2D eigenvalue weighted by Gasteiger charge is -2.06. The number of amides is 1. The van der Waals surface area contributed by atoms with Crippen LogP contribution in [0.4, 0.5) is 0 Å². The standard InChI is InChI=1S/C13H19N5O/c1-10-12(11(2)17(3)16-10)13(19)14-6-4-8-18-9-5-7-15-18/h5,7,9H,4,6,8H2,1-3H3,(H,14,19). The van der Waals surface area contributed by atoms with Gasteiger partial charge in [0.2, 0.25) is 0 Å². The van der Waals surface area contributed by atoms with Gasteiger partial charge in [0, 0.05) is 38.2 Å². The van der Waals surface area contributed by atoms with E-state index in [4.69, 9.17) is 0 Å². The Hall–Kier alpha value is -2.11. The van der Waals surface area contributed by atoms with E-state index >= 15 is 0 Å². The maximum absolute atomic E-state index is 12.1. The molecular weight excluding hydrogens is 242 g/mol. The van der Waals surface area contributed by atoms with Gasteiger partial charge < -0.3 is 5.32 Å². The molecule has 0 radical (unpaired) electrons. The second-order valence-electron chi connectivity index (χ2n) is 4.55. The first-order chi connectivity index (χ1) is 9.09. The Morgan fingerprint density at radius 3 is 2.79 bits per heavy atom. The molecule has 0 aliphatic carbocycles. The van der Waals surface area contributed by atoms with Crippen LogP contribution in [0.5, 0.6) is 0 Å². The number of carbonyl (C=O) groups is 1. The van der Waals surface area contributed by atoms with Crippen LogP contribution in [-0.2, 0) is 13.6 Å². The second kappa shape index (κ2) is 5.69. The summed E-state index contributed by atoms with van der Waals surface area (Å²) in [5.41, 5.74) is 2.34. The molecule has 6 nitrogen and oxygen atoms in total. The third-order valence-corrected chi connectivity index (χ3v) is 3.14. The first kappa shape index (κ1) is 13.3. The number of aromatic nitrogens is 4. The highest BCUT2D eigenvalue weighted by atomic mass is 16.1. The van der Waals surface area contributed by atoms with E-state index in [1.807, 2.05) is 37.8 Å². The molecule has 19 heavy (non-hydrogen) atoms. The molecule has 1 N–H and O–H groups in total. The first-order valence-corrected chi connectivity index (χ1v) is 6.35. The van der Waals surface area contributed by atoms with E-state index in [9.17, 15) is 4.79 Å². The van der Waals surface area contributed by atoms with Crippen molar-refractivity contribution < 1.29 is 4.79 Å². The van der Waals surface area contributed by atoms with Gasteiger partial charge in [0.05, 0.1) is 11.3 Å². The van der Waals surface area contributed by atoms with Crippen molar-refractivity contribution in [1.82, 2.24) is 24.9 Å². The van der Waals surface area contributed by atoms with Crippen LogP contribution in [-0.4, -0.2) is 32.0 Å². The zero-order valence-corrected chi connectivity index (χ0v) is 11.6. The van der Waals surface area contributed by atoms with Crippen LogP contribution in [0.2, 0.25) is 0 Å². The van der Waals surface area contributed by atoms with Crippen molar-refractivity contribution in [2.24, 2.45) is 7.05 Å². The fourth-order valence-corrected chi connectivity index (χ4v) is 2.07. The van der Waals surface area contributed by atoms with Crippen molar-refractivity contribution in [1.29, 1.82) is 0 Å². The predicted molar refractivity (Wildman–Crippen MR) is 71.9 cm³/mol. The monoisotopic (exact) mass is 261 g/mol. The number of nitrogens with zero attached hydrogens (tertiary/aromatic N) is 4. The minimum atomic E-state index is -0.0523. The summed E-state index contributed by atoms with van der Waals surface area (Å²) in [5.74, 6) is -0.0523. The molecule has 2 aromatic rings. The number of rotatable bonds is 5. The maximum Gasteiger partial charge on any atom is 0.255 e. The lowest BCUT2D eigenvalue weighted by molar-refractivity contribution is 0.0951. The lowest BCUT2D eigenvalue weighted by Crippen LogP contribution is -2.26. The fourth-order valence-electron chi connectivity index (χ4n) is 2.07. The molecule has 0 saturated carbocycles. The Labute approximate surface area is 112 Å². The van der Waals surface area contributed by atoms with Crippen molar-refractivity contribution in [3.05, 3.63) is 35.4 Å². The summed E-state index contributed by atoms with van der Waals surface area (Å²) in [6, 6.07) is 1.89. The molecule has 102 valence electrons. The molecule has 0 aromatic carbocycles. The number of hydrogen-bond donors (Lipinski definition) is 1. The van der Waals surface area contributed by atoms with Gasteiger partial charge >= 0.3 is 0 Å². The largest absolute Gasteiger partial charge is 0.352 e. The SMILES string of the molecule is Cc1nn(C)c(C)c1C(=O)NCCCn1cccn1. The van der Waals surface area contributed by atoms with Crippen LogP contribution in [0.3, 0.4) is 0 Å². The van der Waals surface area contributed by atoms with Gasteiger partial charge in [-0.2, -0.15) is 10.2 Å². The smallest absolute Gasteiger partial charge is 0.255 e. The quantitative estimate of drug-likeness (QED) is 0.818. The Kier molecular flexibility index (Phi) is 3.99. The number of aryl methyl sites for hydroxylation is 3. The van der Waals surface area contributed by atoms with Crippen LogP contribution in [0.15, 0.2) is 18.5 Å². The first-order valence-electron chi connectivity index (χ1n) is 6.35. The third-order valence-electron chi connectivity index (χ3n) is 3.14. The van der Waals surface area contributed by atoms with E-state index < -0.39 is 0 Å². The molecule has 0 unspecified atom stereocenters. The molecule has 0 fully saturated rings. The summed E-state index contributed by atoms with van der Waals surface area (Å²) in [4.78, 5) is 12.1. The average Bonchev–Trinajstić information content (AvgIpc) is 2.95. The molecule has 0 atom stereocenters. The molecule has 0 spiro atoms.